The number of nitrogens with one attached hydrogen (secondary N) is 2. The van der Waals surface area contributed by atoms with Crippen molar-refractivity contribution in [3.63, 3.8) is 0 Å². The molecule has 33 heavy (non-hydrogen) atoms. The fraction of sp³-hybridized carbons (Fsp3) is 0.130. The van der Waals surface area contributed by atoms with Gasteiger partial charge in [-0.05, 0) is 90.9 Å². The number of amides is 2. The summed E-state index contributed by atoms with van der Waals surface area (Å²) in [7, 11) is 0. The molecular weight excluding hydrogens is 575 g/mol. The lowest BCUT2D eigenvalue weighted by Crippen LogP contribution is -2.25. The fourth-order valence-corrected chi connectivity index (χ4v) is 5.28. The third kappa shape index (κ3) is 4.80. The number of benzene rings is 2. The minimum absolute atomic E-state index is 0.0606. The Kier molecular flexibility index (Phi) is 6.55. The molecule has 0 aliphatic heterocycles. The number of fused-ring (bicyclic) bond motifs is 1. The molecule has 168 valence electrons. The Morgan fingerprint density at radius 3 is 2.27 bits per heavy atom. The number of nitrogens with zero attached hydrogens (tertiary/aromatic N) is 2. The molecule has 0 spiro atoms. The minimum atomic E-state index is -0.573. The molecule has 0 bridgehead atoms. The minimum Gasteiger partial charge on any atom is -0.321 e. The summed E-state index contributed by atoms with van der Waals surface area (Å²) in [4.78, 5) is 44.1. The molecule has 2 amide bonds. The summed E-state index contributed by atoms with van der Waals surface area (Å²) in [6.45, 7) is 5.37. The molecule has 0 aliphatic carbocycles. The maximum atomic E-state index is 13.4. The monoisotopic (exact) mass is 592 g/mol. The van der Waals surface area contributed by atoms with Crippen LogP contribution in [0, 0.1) is 24.3 Å². The van der Waals surface area contributed by atoms with Crippen molar-refractivity contribution in [2.24, 2.45) is 0 Å². The summed E-state index contributed by atoms with van der Waals surface area (Å²) in [5.41, 5.74) is 2.78. The van der Waals surface area contributed by atoms with E-state index in [-0.39, 0.29) is 15.5 Å². The Morgan fingerprint density at radius 2 is 1.61 bits per heavy atom. The van der Waals surface area contributed by atoms with Crippen molar-refractivity contribution in [1.29, 1.82) is 0 Å². The van der Waals surface area contributed by atoms with Crippen LogP contribution >= 0.6 is 45.5 Å². The SMILES string of the molecule is Cc1cc(=O)n2c(C(=O)Nc3ccc(I)cc3C)c(C(=O)Nc3ccc(Cl)cc3C)sc2n1. The fourth-order valence-electron chi connectivity index (χ4n) is 3.34. The predicted octanol–water partition coefficient (Wildman–Crippen LogP) is 5.44. The lowest BCUT2D eigenvalue weighted by Gasteiger charge is -2.11. The van der Waals surface area contributed by atoms with Crippen molar-refractivity contribution >= 4 is 73.7 Å². The maximum absolute atomic E-state index is 13.4. The number of aromatic nitrogens is 2. The molecule has 4 rings (SSSR count). The molecule has 7 nitrogen and oxygen atoms in total. The molecule has 2 N–H and O–H groups in total. The van der Waals surface area contributed by atoms with E-state index in [0.717, 1.165) is 26.0 Å². The first-order chi connectivity index (χ1) is 15.6. The van der Waals surface area contributed by atoms with Gasteiger partial charge in [0, 0.05) is 31.7 Å². The van der Waals surface area contributed by atoms with Crippen molar-refractivity contribution in [3.05, 3.63) is 88.8 Å². The Balaban J connectivity index is 1.81. The van der Waals surface area contributed by atoms with E-state index < -0.39 is 17.4 Å². The van der Waals surface area contributed by atoms with Crippen molar-refractivity contribution in [2.75, 3.05) is 10.6 Å². The Morgan fingerprint density at radius 1 is 0.970 bits per heavy atom. The molecule has 0 aliphatic rings. The van der Waals surface area contributed by atoms with Crippen molar-refractivity contribution in [1.82, 2.24) is 9.38 Å². The van der Waals surface area contributed by atoms with E-state index >= 15 is 0 Å². The molecule has 4 aromatic rings. The van der Waals surface area contributed by atoms with Crippen LogP contribution in [0.4, 0.5) is 11.4 Å². The van der Waals surface area contributed by atoms with E-state index in [9.17, 15) is 14.4 Å². The molecule has 0 saturated carbocycles. The van der Waals surface area contributed by atoms with Gasteiger partial charge in [-0.1, -0.05) is 22.9 Å². The number of anilines is 2. The molecular formula is C23H18ClIN4O3S. The Bertz CT molecular complexity index is 1500. The lowest BCUT2D eigenvalue weighted by atomic mass is 10.2. The first kappa shape index (κ1) is 23.4. The van der Waals surface area contributed by atoms with Crippen LogP contribution in [0.15, 0.2) is 47.3 Å². The third-order valence-corrected chi connectivity index (χ3v) is 6.89. The zero-order chi connectivity index (χ0) is 23.9. The molecule has 2 aromatic carbocycles. The highest BCUT2D eigenvalue weighted by molar-refractivity contribution is 14.1. The summed E-state index contributed by atoms with van der Waals surface area (Å²) in [5, 5.41) is 6.19. The number of rotatable bonds is 4. The zero-order valence-electron chi connectivity index (χ0n) is 17.8. The van der Waals surface area contributed by atoms with Crippen LogP contribution in [0.3, 0.4) is 0 Å². The van der Waals surface area contributed by atoms with Gasteiger partial charge >= 0.3 is 0 Å². The van der Waals surface area contributed by atoms with Gasteiger partial charge in [0.05, 0.1) is 0 Å². The molecule has 2 aromatic heterocycles. The van der Waals surface area contributed by atoms with Crippen molar-refractivity contribution < 1.29 is 9.59 Å². The molecule has 2 heterocycles. The normalized spacial score (nSPS) is 10.9. The van der Waals surface area contributed by atoms with Gasteiger partial charge in [0.2, 0.25) is 0 Å². The highest BCUT2D eigenvalue weighted by Crippen LogP contribution is 2.26. The predicted molar refractivity (Wildman–Crippen MR) is 140 cm³/mol. The number of carbonyl (C=O) groups excluding carboxylic acids is 2. The molecule has 0 saturated heterocycles. The van der Waals surface area contributed by atoms with Crippen LogP contribution in [0.2, 0.25) is 5.02 Å². The second kappa shape index (κ2) is 9.24. The van der Waals surface area contributed by atoms with E-state index in [1.807, 2.05) is 26.0 Å². The van der Waals surface area contributed by atoms with Gasteiger partial charge in [-0.25, -0.2) is 9.38 Å². The van der Waals surface area contributed by atoms with Gasteiger partial charge in [-0.3, -0.25) is 14.4 Å². The second-order valence-electron chi connectivity index (χ2n) is 7.46. The van der Waals surface area contributed by atoms with Gasteiger partial charge in [0.1, 0.15) is 10.6 Å². The first-order valence-corrected chi connectivity index (χ1v) is 12.1. The number of carbonyl (C=O) groups is 2. The van der Waals surface area contributed by atoms with E-state index in [1.54, 1.807) is 31.2 Å². The number of thiazole rings is 1. The summed E-state index contributed by atoms with van der Waals surface area (Å²) in [5.74, 6) is -1.09. The molecule has 0 radical (unpaired) electrons. The van der Waals surface area contributed by atoms with Crippen LogP contribution in [-0.2, 0) is 0 Å². The molecule has 0 fully saturated rings. The lowest BCUT2D eigenvalue weighted by molar-refractivity contribution is 0.0989. The maximum Gasteiger partial charge on any atom is 0.274 e. The largest absolute Gasteiger partial charge is 0.321 e. The third-order valence-electron chi connectivity index (χ3n) is 4.94. The number of hydrogen-bond acceptors (Lipinski definition) is 5. The van der Waals surface area contributed by atoms with Crippen LogP contribution in [0.25, 0.3) is 4.96 Å². The highest BCUT2D eigenvalue weighted by Gasteiger charge is 2.27. The Labute approximate surface area is 212 Å². The Hall–Kier alpha value is -2.76. The van der Waals surface area contributed by atoms with Gasteiger partial charge in [-0.15, -0.1) is 0 Å². The van der Waals surface area contributed by atoms with Crippen molar-refractivity contribution in [2.45, 2.75) is 20.8 Å². The highest BCUT2D eigenvalue weighted by atomic mass is 127. The molecule has 0 unspecified atom stereocenters. The smallest absolute Gasteiger partial charge is 0.274 e. The van der Waals surface area contributed by atoms with Crippen LogP contribution in [-0.4, -0.2) is 21.2 Å². The van der Waals surface area contributed by atoms with Gasteiger partial charge in [0.25, 0.3) is 17.4 Å². The van der Waals surface area contributed by atoms with Crippen LogP contribution in [0.1, 0.15) is 37.0 Å². The quantitative estimate of drug-likeness (QED) is 0.309. The van der Waals surface area contributed by atoms with E-state index in [0.29, 0.717) is 22.1 Å². The topological polar surface area (TPSA) is 92.6 Å². The summed E-state index contributed by atoms with van der Waals surface area (Å²) in [6.07, 6.45) is 0. The standard InChI is InChI=1S/C23H18ClIN4O3S/c1-11-8-14(24)4-6-16(11)28-22(32)20-19(29-18(30)10-13(3)26-23(29)33-20)21(31)27-17-7-5-15(25)9-12(17)2/h4-10H,1-3H3,(H,27,31)(H,28,32). The number of halogens is 2. The van der Waals surface area contributed by atoms with Gasteiger partial charge in [0.15, 0.2) is 4.96 Å². The zero-order valence-corrected chi connectivity index (χ0v) is 21.6. The second-order valence-corrected chi connectivity index (χ2v) is 10.1. The average Bonchev–Trinajstić information content (AvgIpc) is 3.12. The van der Waals surface area contributed by atoms with E-state index in [2.05, 4.69) is 38.2 Å². The van der Waals surface area contributed by atoms with Gasteiger partial charge < -0.3 is 10.6 Å². The number of aryl methyl sites for hydroxylation is 3. The van der Waals surface area contributed by atoms with Gasteiger partial charge in [-0.2, -0.15) is 0 Å². The average molecular weight is 593 g/mol. The number of hydrogen-bond donors (Lipinski definition) is 2. The first-order valence-electron chi connectivity index (χ1n) is 9.82. The van der Waals surface area contributed by atoms with Crippen LogP contribution < -0.4 is 16.2 Å². The van der Waals surface area contributed by atoms with Crippen molar-refractivity contribution in [3.8, 4) is 0 Å². The van der Waals surface area contributed by atoms with Crippen LogP contribution in [0.5, 0.6) is 0 Å². The van der Waals surface area contributed by atoms with E-state index in [1.165, 1.54) is 10.5 Å². The summed E-state index contributed by atoms with van der Waals surface area (Å²) < 4.78 is 2.21. The summed E-state index contributed by atoms with van der Waals surface area (Å²) in [6, 6.07) is 12.0. The van der Waals surface area contributed by atoms with E-state index in [4.69, 9.17) is 11.6 Å². The molecule has 10 heteroatoms. The molecule has 0 atom stereocenters. The summed E-state index contributed by atoms with van der Waals surface area (Å²) >= 11 is 9.19.